The van der Waals surface area contributed by atoms with Crippen LogP contribution in [-0.4, -0.2) is 17.1 Å². The zero-order valence-electron chi connectivity index (χ0n) is 11.4. The lowest BCUT2D eigenvalue weighted by Gasteiger charge is -2.11. The van der Waals surface area contributed by atoms with Crippen molar-refractivity contribution < 1.29 is 14.7 Å². The molecule has 0 bridgehead atoms. The van der Waals surface area contributed by atoms with Gasteiger partial charge in [0.2, 0.25) is 0 Å². The number of nitrogens with two attached hydrogens (primary N) is 1. The molecule has 2 aromatic rings. The molecule has 0 aromatic heterocycles. The number of aryl methyl sites for hydroxylation is 1. The molecule has 0 fully saturated rings. The summed E-state index contributed by atoms with van der Waals surface area (Å²) < 4.78 is 0. The van der Waals surface area contributed by atoms with Gasteiger partial charge in [0.15, 0.2) is 0 Å². The minimum atomic E-state index is -1.01. The molecule has 2 rings (SSSR count). The van der Waals surface area contributed by atoms with Crippen LogP contribution in [0, 0.1) is 6.92 Å². The lowest BCUT2D eigenvalue weighted by Crippen LogP contribution is -2.20. The lowest BCUT2D eigenvalue weighted by molar-refractivity contribution is 0.0697. The van der Waals surface area contributed by atoms with E-state index in [9.17, 15) is 9.59 Å². The van der Waals surface area contributed by atoms with Crippen LogP contribution in [0.5, 0.6) is 0 Å². The Balaban J connectivity index is 2.10. The third-order valence-electron chi connectivity index (χ3n) is 2.93. The normalized spacial score (nSPS) is 9.95. The van der Waals surface area contributed by atoms with Crippen molar-refractivity contribution in [1.82, 2.24) is 0 Å². The molecular weight excluding hydrogens is 270 g/mol. The van der Waals surface area contributed by atoms with Crippen LogP contribution in [0.1, 0.15) is 15.9 Å². The highest BCUT2D eigenvalue weighted by molar-refractivity contribution is 6.02. The molecule has 0 spiro atoms. The van der Waals surface area contributed by atoms with Gasteiger partial charge in [0.25, 0.3) is 0 Å². The van der Waals surface area contributed by atoms with Crippen LogP contribution in [0.2, 0.25) is 0 Å². The van der Waals surface area contributed by atoms with Crippen molar-refractivity contribution in [1.29, 1.82) is 0 Å². The number of nitrogens with one attached hydrogen (secondary N) is 2. The summed E-state index contributed by atoms with van der Waals surface area (Å²) in [4.78, 5) is 22.8. The number of benzene rings is 2. The molecular formula is C15H15N3O3. The van der Waals surface area contributed by atoms with Crippen molar-refractivity contribution in [2.45, 2.75) is 6.92 Å². The second-order valence-electron chi connectivity index (χ2n) is 4.50. The SMILES string of the molecule is Cc1cc(C(=O)O)ccc1NC(=O)Nc1ccccc1N. The van der Waals surface area contributed by atoms with E-state index >= 15 is 0 Å². The van der Waals surface area contributed by atoms with Gasteiger partial charge in [-0.2, -0.15) is 0 Å². The van der Waals surface area contributed by atoms with Crippen molar-refractivity contribution in [2.75, 3.05) is 16.4 Å². The number of carbonyl (C=O) groups is 2. The number of carboxylic acids is 1. The lowest BCUT2D eigenvalue weighted by atomic mass is 10.1. The van der Waals surface area contributed by atoms with Gasteiger partial charge >= 0.3 is 12.0 Å². The third-order valence-corrected chi connectivity index (χ3v) is 2.93. The first-order valence-electron chi connectivity index (χ1n) is 6.24. The Labute approximate surface area is 121 Å². The van der Waals surface area contributed by atoms with Crippen molar-refractivity contribution in [3.05, 3.63) is 53.6 Å². The summed E-state index contributed by atoms with van der Waals surface area (Å²) >= 11 is 0. The van der Waals surface area contributed by atoms with Gasteiger partial charge in [-0.15, -0.1) is 0 Å². The summed E-state index contributed by atoms with van der Waals surface area (Å²) in [5, 5.41) is 14.2. The van der Waals surface area contributed by atoms with E-state index in [1.165, 1.54) is 12.1 Å². The topological polar surface area (TPSA) is 104 Å². The maximum atomic E-state index is 11.9. The van der Waals surface area contributed by atoms with Gasteiger partial charge in [-0.1, -0.05) is 12.1 Å². The average Bonchev–Trinajstić information content (AvgIpc) is 2.43. The van der Waals surface area contributed by atoms with Gasteiger partial charge in [-0.05, 0) is 42.8 Å². The Morgan fingerprint density at radius 2 is 1.71 bits per heavy atom. The zero-order chi connectivity index (χ0) is 15.4. The summed E-state index contributed by atoms with van der Waals surface area (Å²) in [7, 11) is 0. The molecule has 2 aromatic carbocycles. The largest absolute Gasteiger partial charge is 0.478 e. The minimum Gasteiger partial charge on any atom is -0.478 e. The summed E-state index contributed by atoms with van der Waals surface area (Å²) in [6, 6.07) is 10.9. The monoisotopic (exact) mass is 285 g/mol. The molecule has 0 atom stereocenters. The number of nitrogen functional groups attached to an aromatic ring is 1. The molecule has 21 heavy (non-hydrogen) atoms. The Hall–Kier alpha value is -3.02. The molecule has 6 nitrogen and oxygen atoms in total. The number of carboxylic acid groups (broad SMARTS) is 1. The predicted octanol–water partition coefficient (Wildman–Crippen LogP) is 2.92. The van der Waals surface area contributed by atoms with Crippen molar-refractivity contribution in [3.8, 4) is 0 Å². The van der Waals surface area contributed by atoms with Gasteiger partial charge in [-0.25, -0.2) is 9.59 Å². The van der Waals surface area contributed by atoms with Crippen LogP contribution >= 0.6 is 0 Å². The molecule has 0 saturated heterocycles. The van der Waals surface area contributed by atoms with Crippen LogP contribution in [0.15, 0.2) is 42.5 Å². The van der Waals surface area contributed by atoms with Gasteiger partial charge in [0, 0.05) is 5.69 Å². The number of amides is 2. The number of aromatic carboxylic acids is 1. The fourth-order valence-electron chi connectivity index (χ4n) is 1.82. The Morgan fingerprint density at radius 3 is 2.33 bits per heavy atom. The van der Waals surface area contributed by atoms with E-state index in [1.807, 2.05) is 0 Å². The number of anilines is 3. The standard InChI is InChI=1S/C15H15N3O3/c1-9-8-10(14(19)20)6-7-12(9)17-15(21)18-13-5-3-2-4-11(13)16/h2-8H,16H2,1H3,(H,19,20)(H2,17,18,21). The van der Waals surface area contributed by atoms with E-state index in [4.69, 9.17) is 10.8 Å². The average molecular weight is 285 g/mol. The summed E-state index contributed by atoms with van der Waals surface area (Å²) in [5.74, 6) is -1.01. The third kappa shape index (κ3) is 3.50. The number of hydrogen-bond acceptors (Lipinski definition) is 3. The van der Waals surface area contributed by atoms with E-state index in [1.54, 1.807) is 37.3 Å². The van der Waals surface area contributed by atoms with Crippen LogP contribution in [-0.2, 0) is 0 Å². The number of carbonyl (C=O) groups excluding carboxylic acids is 1. The highest BCUT2D eigenvalue weighted by Crippen LogP contribution is 2.19. The van der Waals surface area contributed by atoms with Crippen LogP contribution < -0.4 is 16.4 Å². The van der Waals surface area contributed by atoms with Crippen LogP contribution in [0.25, 0.3) is 0 Å². The summed E-state index contributed by atoms with van der Waals surface area (Å²) in [5.41, 5.74) is 8.07. The van der Waals surface area contributed by atoms with Gasteiger partial charge in [0.1, 0.15) is 0 Å². The van der Waals surface area contributed by atoms with Crippen molar-refractivity contribution >= 4 is 29.1 Å². The summed E-state index contributed by atoms with van der Waals surface area (Å²) in [6.07, 6.45) is 0. The number of hydrogen-bond donors (Lipinski definition) is 4. The molecule has 0 unspecified atom stereocenters. The fourth-order valence-corrected chi connectivity index (χ4v) is 1.82. The fraction of sp³-hybridized carbons (Fsp3) is 0.0667. The molecule has 0 heterocycles. The van der Waals surface area contributed by atoms with E-state index < -0.39 is 12.0 Å². The van der Waals surface area contributed by atoms with Crippen molar-refractivity contribution in [3.63, 3.8) is 0 Å². The molecule has 0 saturated carbocycles. The molecule has 2 amide bonds. The Morgan fingerprint density at radius 1 is 1.05 bits per heavy atom. The second kappa shape index (κ2) is 5.96. The van der Waals surface area contributed by atoms with Crippen LogP contribution in [0.3, 0.4) is 0 Å². The van der Waals surface area contributed by atoms with Gasteiger partial charge in [0.05, 0.1) is 16.9 Å². The van der Waals surface area contributed by atoms with Gasteiger partial charge < -0.3 is 21.5 Å². The smallest absolute Gasteiger partial charge is 0.335 e. The Bertz CT molecular complexity index is 698. The first kappa shape index (κ1) is 14.4. The molecule has 0 aliphatic rings. The van der Waals surface area contributed by atoms with E-state index in [0.717, 1.165) is 0 Å². The van der Waals surface area contributed by atoms with E-state index in [-0.39, 0.29) is 5.56 Å². The highest BCUT2D eigenvalue weighted by Gasteiger charge is 2.09. The first-order chi connectivity index (χ1) is 9.97. The number of rotatable bonds is 3. The molecule has 0 aliphatic carbocycles. The number of para-hydroxylation sites is 2. The molecule has 0 aliphatic heterocycles. The predicted molar refractivity (Wildman–Crippen MR) is 81.6 cm³/mol. The zero-order valence-corrected chi connectivity index (χ0v) is 11.4. The van der Waals surface area contributed by atoms with Crippen molar-refractivity contribution in [2.24, 2.45) is 0 Å². The van der Waals surface area contributed by atoms with E-state index in [2.05, 4.69) is 10.6 Å². The molecule has 5 N–H and O–H groups in total. The molecule has 6 heteroatoms. The molecule has 0 radical (unpaired) electrons. The quantitative estimate of drug-likeness (QED) is 0.651. The first-order valence-corrected chi connectivity index (χ1v) is 6.24. The highest BCUT2D eigenvalue weighted by atomic mass is 16.4. The second-order valence-corrected chi connectivity index (χ2v) is 4.50. The Kier molecular flexibility index (Phi) is 4.08. The summed E-state index contributed by atoms with van der Waals surface area (Å²) in [6.45, 7) is 1.72. The van der Waals surface area contributed by atoms with Crippen LogP contribution in [0.4, 0.5) is 21.9 Å². The number of urea groups is 1. The van der Waals surface area contributed by atoms with E-state index in [0.29, 0.717) is 22.6 Å². The maximum Gasteiger partial charge on any atom is 0.335 e. The maximum absolute atomic E-state index is 11.9. The van der Waals surface area contributed by atoms with Gasteiger partial charge in [-0.3, -0.25) is 0 Å². The molecule has 108 valence electrons. The minimum absolute atomic E-state index is 0.172.